The maximum Gasteiger partial charge on any atom is 0.0349 e. The molecule has 0 unspecified atom stereocenters. The lowest BCUT2D eigenvalue weighted by molar-refractivity contribution is 0.585. The van der Waals surface area contributed by atoms with Crippen LogP contribution in [0.1, 0.15) is 38.1 Å². The highest BCUT2D eigenvalue weighted by molar-refractivity contribution is 9.10. The summed E-state index contributed by atoms with van der Waals surface area (Å²) >= 11 is 5.53. The van der Waals surface area contributed by atoms with Gasteiger partial charge in [0, 0.05) is 26.6 Å². The molecule has 1 heterocycles. The number of halogens is 1. The Bertz CT molecular complexity index is 557. The monoisotopic (exact) mass is 339 g/mol. The van der Waals surface area contributed by atoms with Crippen molar-refractivity contribution >= 4 is 37.4 Å². The molecule has 2 rings (SSSR count). The Morgan fingerprint density at radius 2 is 1.95 bits per heavy atom. The molecule has 0 aliphatic rings. The van der Waals surface area contributed by atoms with Gasteiger partial charge < -0.3 is 5.32 Å². The molecule has 0 bridgehead atoms. The van der Waals surface area contributed by atoms with Crippen molar-refractivity contribution in [3.8, 4) is 0 Å². The number of nitrogens with one attached hydrogen (secondary N) is 1. The molecule has 1 N–H and O–H groups in total. The van der Waals surface area contributed by atoms with Gasteiger partial charge in [0.15, 0.2) is 0 Å². The van der Waals surface area contributed by atoms with E-state index in [0.29, 0.717) is 12.0 Å². The van der Waals surface area contributed by atoms with E-state index in [1.54, 1.807) is 0 Å². The molecule has 2 aromatic rings. The second-order valence-corrected chi connectivity index (χ2v) is 7.83. The molecule has 0 spiro atoms. The van der Waals surface area contributed by atoms with Crippen molar-refractivity contribution in [3.63, 3.8) is 0 Å². The van der Waals surface area contributed by atoms with Gasteiger partial charge in [0.1, 0.15) is 0 Å². The van der Waals surface area contributed by atoms with E-state index in [9.17, 15) is 0 Å². The zero-order valence-electron chi connectivity index (χ0n) is 12.1. The van der Waals surface area contributed by atoms with Gasteiger partial charge in [0.25, 0.3) is 0 Å². The number of rotatable bonds is 5. The van der Waals surface area contributed by atoms with Gasteiger partial charge >= 0.3 is 0 Å². The molecule has 1 aromatic carbocycles. The molecule has 0 aliphatic heterocycles. The Labute approximate surface area is 128 Å². The average Bonchev–Trinajstić information content (AvgIpc) is 2.64. The van der Waals surface area contributed by atoms with Gasteiger partial charge in [-0.05, 0) is 41.5 Å². The third-order valence-corrected chi connectivity index (χ3v) is 4.83. The van der Waals surface area contributed by atoms with E-state index in [2.05, 4.69) is 67.1 Å². The number of fused-ring (bicyclic) bond motifs is 1. The van der Waals surface area contributed by atoms with Crippen molar-refractivity contribution in [2.75, 3.05) is 0 Å². The normalized spacial score (nSPS) is 11.9. The second kappa shape index (κ2) is 6.38. The van der Waals surface area contributed by atoms with Crippen molar-refractivity contribution in [2.24, 2.45) is 5.92 Å². The predicted molar refractivity (Wildman–Crippen MR) is 90.0 cm³/mol. The van der Waals surface area contributed by atoms with E-state index >= 15 is 0 Å². The van der Waals surface area contributed by atoms with Gasteiger partial charge in [-0.15, -0.1) is 11.3 Å². The van der Waals surface area contributed by atoms with Crippen molar-refractivity contribution in [3.05, 3.63) is 33.1 Å². The first-order chi connectivity index (χ1) is 8.97. The largest absolute Gasteiger partial charge is 0.310 e. The Kier molecular flexibility index (Phi) is 5.04. The van der Waals surface area contributed by atoms with Crippen LogP contribution in [0.25, 0.3) is 10.1 Å². The van der Waals surface area contributed by atoms with Gasteiger partial charge in [-0.2, -0.15) is 0 Å². The fourth-order valence-corrected chi connectivity index (χ4v) is 3.77. The molecule has 1 aromatic heterocycles. The summed E-state index contributed by atoms with van der Waals surface area (Å²) in [5, 5.41) is 4.97. The van der Waals surface area contributed by atoms with E-state index < -0.39 is 0 Å². The maximum absolute atomic E-state index is 3.59. The topological polar surface area (TPSA) is 12.0 Å². The minimum Gasteiger partial charge on any atom is -0.310 e. The molecule has 104 valence electrons. The molecule has 19 heavy (non-hydrogen) atoms. The standard InChI is InChI=1S/C16H22BrNS/c1-10(2)7-13-14-8-12(17)5-6-15(14)19-16(13)9-18-11(3)4/h5-6,8,10-11,18H,7,9H2,1-4H3. The SMILES string of the molecule is CC(C)Cc1c(CNC(C)C)sc2ccc(Br)cc12. The Hall–Kier alpha value is -0.380. The molecule has 0 fully saturated rings. The fraction of sp³-hybridized carbons (Fsp3) is 0.500. The molecular weight excluding hydrogens is 318 g/mol. The van der Waals surface area contributed by atoms with Crippen LogP contribution >= 0.6 is 27.3 Å². The van der Waals surface area contributed by atoms with E-state index in [1.165, 1.54) is 25.0 Å². The van der Waals surface area contributed by atoms with Crippen molar-refractivity contribution in [1.29, 1.82) is 0 Å². The first kappa shape index (κ1) is 15.0. The number of hydrogen-bond donors (Lipinski definition) is 1. The summed E-state index contributed by atoms with van der Waals surface area (Å²) < 4.78 is 2.57. The molecular formula is C16H22BrNS. The van der Waals surface area contributed by atoms with Crippen LogP contribution in [-0.2, 0) is 13.0 Å². The summed E-state index contributed by atoms with van der Waals surface area (Å²) in [4.78, 5) is 1.50. The third kappa shape index (κ3) is 3.80. The highest BCUT2D eigenvalue weighted by Crippen LogP contribution is 2.34. The minimum atomic E-state index is 0.531. The number of thiophene rings is 1. The lowest BCUT2D eigenvalue weighted by Crippen LogP contribution is -2.21. The summed E-state index contributed by atoms with van der Waals surface area (Å²) in [5.74, 6) is 0.689. The van der Waals surface area contributed by atoms with Crippen LogP contribution in [0.4, 0.5) is 0 Å². The minimum absolute atomic E-state index is 0.531. The molecule has 0 saturated heterocycles. The summed E-state index contributed by atoms with van der Waals surface area (Å²) in [6.45, 7) is 9.97. The van der Waals surface area contributed by atoms with E-state index in [0.717, 1.165) is 13.0 Å². The second-order valence-electron chi connectivity index (χ2n) is 5.78. The molecule has 1 nitrogen and oxygen atoms in total. The summed E-state index contributed by atoms with van der Waals surface area (Å²) in [6.07, 6.45) is 1.16. The molecule has 0 aliphatic carbocycles. The van der Waals surface area contributed by atoms with Gasteiger partial charge in [-0.25, -0.2) is 0 Å². The number of benzene rings is 1. The Morgan fingerprint density at radius 3 is 2.58 bits per heavy atom. The Balaban J connectivity index is 2.42. The lowest BCUT2D eigenvalue weighted by Gasteiger charge is -2.10. The maximum atomic E-state index is 3.59. The van der Waals surface area contributed by atoms with E-state index in [1.807, 2.05) is 11.3 Å². The molecule has 0 atom stereocenters. The fourth-order valence-electron chi connectivity index (χ4n) is 2.24. The number of hydrogen-bond acceptors (Lipinski definition) is 2. The first-order valence-electron chi connectivity index (χ1n) is 6.90. The van der Waals surface area contributed by atoms with E-state index in [-0.39, 0.29) is 0 Å². The van der Waals surface area contributed by atoms with Gasteiger partial charge in [0.2, 0.25) is 0 Å². The van der Waals surface area contributed by atoms with Crippen LogP contribution in [0, 0.1) is 5.92 Å². The zero-order chi connectivity index (χ0) is 14.0. The Morgan fingerprint density at radius 1 is 1.21 bits per heavy atom. The summed E-state index contributed by atoms with van der Waals surface area (Å²) in [7, 11) is 0. The van der Waals surface area contributed by atoms with Crippen LogP contribution in [0.5, 0.6) is 0 Å². The summed E-state index contributed by atoms with van der Waals surface area (Å²) in [6, 6.07) is 7.16. The molecule has 0 radical (unpaired) electrons. The van der Waals surface area contributed by atoms with Crippen LogP contribution in [0.3, 0.4) is 0 Å². The first-order valence-corrected chi connectivity index (χ1v) is 8.51. The predicted octanol–water partition coefficient (Wildman–Crippen LogP) is 5.36. The van der Waals surface area contributed by atoms with Crippen LogP contribution in [-0.4, -0.2) is 6.04 Å². The lowest BCUT2D eigenvalue weighted by atomic mass is 10.00. The van der Waals surface area contributed by atoms with Gasteiger partial charge in [0.05, 0.1) is 0 Å². The van der Waals surface area contributed by atoms with Crippen molar-refractivity contribution < 1.29 is 0 Å². The highest BCUT2D eigenvalue weighted by atomic mass is 79.9. The van der Waals surface area contributed by atoms with Gasteiger partial charge in [-0.1, -0.05) is 43.6 Å². The van der Waals surface area contributed by atoms with Crippen LogP contribution in [0.15, 0.2) is 22.7 Å². The van der Waals surface area contributed by atoms with Crippen molar-refractivity contribution in [2.45, 2.75) is 46.7 Å². The zero-order valence-corrected chi connectivity index (χ0v) is 14.5. The van der Waals surface area contributed by atoms with Crippen molar-refractivity contribution in [1.82, 2.24) is 5.32 Å². The average molecular weight is 340 g/mol. The molecule has 0 amide bonds. The smallest absolute Gasteiger partial charge is 0.0349 e. The van der Waals surface area contributed by atoms with Crippen LogP contribution < -0.4 is 5.32 Å². The van der Waals surface area contributed by atoms with E-state index in [4.69, 9.17) is 0 Å². The summed E-state index contributed by atoms with van der Waals surface area (Å²) in [5.41, 5.74) is 1.53. The molecule has 0 saturated carbocycles. The third-order valence-electron chi connectivity index (χ3n) is 3.12. The van der Waals surface area contributed by atoms with Gasteiger partial charge in [-0.3, -0.25) is 0 Å². The van der Waals surface area contributed by atoms with Crippen LogP contribution in [0.2, 0.25) is 0 Å². The highest BCUT2D eigenvalue weighted by Gasteiger charge is 2.13. The molecule has 3 heteroatoms. The quantitative estimate of drug-likeness (QED) is 0.772.